The molecule has 0 spiro atoms. The number of hydrogen-bond acceptors (Lipinski definition) is 7. The van der Waals surface area contributed by atoms with Gasteiger partial charge in [-0.3, -0.25) is 10.1 Å². The molecule has 0 unspecified atom stereocenters. The van der Waals surface area contributed by atoms with Crippen molar-refractivity contribution in [1.82, 2.24) is 19.9 Å². The molecule has 0 aliphatic heterocycles. The second-order valence-electron chi connectivity index (χ2n) is 6.16. The number of aromatic amines is 1. The Morgan fingerprint density at radius 3 is 2.70 bits per heavy atom. The molecule has 0 bridgehead atoms. The van der Waals surface area contributed by atoms with E-state index in [2.05, 4.69) is 25.3 Å². The van der Waals surface area contributed by atoms with Crippen LogP contribution in [0.4, 0.5) is 21.7 Å². The molecule has 2 aromatic carbocycles. The average Bonchev–Trinajstić information content (AvgIpc) is 3.26. The minimum atomic E-state index is -0.999. The van der Waals surface area contributed by atoms with Crippen molar-refractivity contribution in [3.8, 4) is 28.5 Å². The highest BCUT2D eigenvalue weighted by molar-refractivity contribution is 5.68. The van der Waals surface area contributed by atoms with Gasteiger partial charge in [0.25, 0.3) is 0 Å². The second-order valence-corrected chi connectivity index (χ2v) is 6.16. The van der Waals surface area contributed by atoms with Crippen molar-refractivity contribution in [2.75, 3.05) is 12.4 Å². The summed E-state index contributed by atoms with van der Waals surface area (Å²) in [6, 6.07) is 13.3. The second kappa shape index (κ2) is 7.95. The third-order valence-electron chi connectivity index (χ3n) is 4.27. The van der Waals surface area contributed by atoms with Crippen molar-refractivity contribution in [2.24, 2.45) is 0 Å². The van der Waals surface area contributed by atoms with E-state index < -0.39 is 16.4 Å². The monoisotopic (exact) mass is 406 g/mol. The van der Waals surface area contributed by atoms with Gasteiger partial charge in [0.1, 0.15) is 11.4 Å². The third kappa shape index (κ3) is 3.78. The topological polar surface area (TPSA) is 119 Å². The molecule has 2 N–H and O–H groups in total. The Bertz CT molecular complexity index is 1210. The highest BCUT2D eigenvalue weighted by Crippen LogP contribution is 2.33. The molecule has 0 aliphatic rings. The van der Waals surface area contributed by atoms with Crippen molar-refractivity contribution >= 4 is 17.3 Å². The number of hydrogen-bond donors (Lipinski definition) is 2. The molecule has 0 saturated carbocycles. The number of benzene rings is 2. The molecular weight excluding hydrogens is 391 g/mol. The van der Waals surface area contributed by atoms with Crippen LogP contribution in [-0.4, -0.2) is 32.0 Å². The maximum absolute atomic E-state index is 13.8. The van der Waals surface area contributed by atoms with Crippen LogP contribution in [0.1, 0.15) is 0 Å². The molecule has 0 radical (unpaired) electrons. The van der Waals surface area contributed by atoms with Crippen LogP contribution in [0.25, 0.3) is 22.8 Å². The van der Waals surface area contributed by atoms with Crippen molar-refractivity contribution in [3.05, 3.63) is 76.9 Å². The number of methoxy groups -OCH3 is 1. The van der Waals surface area contributed by atoms with Gasteiger partial charge >= 0.3 is 5.69 Å². The molecule has 0 amide bonds. The van der Waals surface area contributed by atoms with Crippen LogP contribution in [0.3, 0.4) is 0 Å². The van der Waals surface area contributed by atoms with Gasteiger partial charge < -0.3 is 15.0 Å². The molecule has 0 atom stereocenters. The lowest BCUT2D eigenvalue weighted by molar-refractivity contribution is -0.387. The minimum absolute atomic E-state index is 0.0801. The van der Waals surface area contributed by atoms with E-state index in [9.17, 15) is 14.5 Å². The third-order valence-corrected chi connectivity index (χ3v) is 4.27. The van der Waals surface area contributed by atoms with Crippen molar-refractivity contribution < 1.29 is 14.1 Å². The standard InChI is InChI=1S/C20H15FN6O3/c1-30-18-9-13(21)17(27(28)29)10-15(18)26-20-22-8-7-14(25-20)19-23-11-16(24-19)12-5-3-2-4-6-12/h2-11H,1H3,(H,23,24)(H,22,25,26). The number of imidazole rings is 1. The maximum atomic E-state index is 13.8. The first kappa shape index (κ1) is 19.0. The molecule has 150 valence electrons. The average molecular weight is 406 g/mol. The van der Waals surface area contributed by atoms with Gasteiger partial charge in [0.15, 0.2) is 5.82 Å². The summed E-state index contributed by atoms with van der Waals surface area (Å²) in [5, 5.41) is 13.9. The molecule has 0 saturated heterocycles. The number of nitrogens with zero attached hydrogens (tertiary/aromatic N) is 4. The van der Waals surface area contributed by atoms with E-state index in [1.54, 1.807) is 12.3 Å². The quantitative estimate of drug-likeness (QED) is 0.361. The molecule has 4 aromatic rings. The molecule has 10 heteroatoms. The number of nitrogens with one attached hydrogen (secondary N) is 2. The van der Waals surface area contributed by atoms with Gasteiger partial charge in [0, 0.05) is 18.3 Å². The maximum Gasteiger partial charge on any atom is 0.307 e. The molecule has 4 rings (SSSR count). The van der Waals surface area contributed by atoms with Crippen molar-refractivity contribution in [2.45, 2.75) is 0 Å². The molecule has 0 aliphatic carbocycles. The number of halogens is 1. The van der Waals surface area contributed by atoms with E-state index in [0.29, 0.717) is 11.5 Å². The van der Waals surface area contributed by atoms with Crippen LogP contribution < -0.4 is 10.1 Å². The SMILES string of the molecule is COc1cc(F)c([N+](=O)[O-])cc1Nc1nccc(-c2ncc(-c3ccccc3)[nH]2)n1. The summed E-state index contributed by atoms with van der Waals surface area (Å²) in [5.41, 5.74) is 1.78. The Labute approximate surface area is 169 Å². The summed E-state index contributed by atoms with van der Waals surface area (Å²) in [4.78, 5) is 26.3. The van der Waals surface area contributed by atoms with Crippen LogP contribution in [0.5, 0.6) is 5.75 Å². The number of rotatable bonds is 6. The van der Waals surface area contributed by atoms with E-state index in [4.69, 9.17) is 4.74 Å². The van der Waals surface area contributed by atoms with Gasteiger partial charge in [-0.15, -0.1) is 0 Å². The van der Waals surface area contributed by atoms with Crippen molar-refractivity contribution in [1.29, 1.82) is 0 Å². The van der Waals surface area contributed by atoms with E-state index >= 15 is 0 Å². The lowest BCUT2D eigenvalue weighted by Gasteiger charge is -2.10. The van der Waals surface area contributed by atoms with Gasteiger partial charge in [-0.25, -0.2) is 15.0 Å². The van der Waals surface area contributed by atoms with Crippen LogP contribution in [0.15, 0.2) is 60.9 Å². The Kier molecular flexibility index (Phi) is 5.04. The first-order chi connectivity index (χ1) is 14.5. The van der Waals surface area contributed by atoms with E-state index in [1.807, 2.05) is 30.3 Å². The predicted octanol–water partition coefficient (Wildman–Crippen LogP) is 4.33. The Morgan fingerprint density at radius 1 is 1.17 bits per heavy atom. The number of nitro groups is 1. The Morgan fingerprint density at radius 2 is 1.97 bits per heavy atom. The van der Waals surface area contributed by atoms with Crippen LogP contribution in [0, 0.1) is 15.9 Å². The van der Waals surface area contributed by atoms with Crippen LogP contribution in [0.2, 0.25) is 0 Å². The van der Waals surface area contributed by atoms with Crippen LogP contribution in [-0.2, 0) is 0 Å². The van der Waals surface area contributed by atoms with Gasteiger partial charge in [-0.2, -0.15) is 4.39 Å². The fourth-order valence-electron chi connectivity index (χ4n) is 2.84. The number of aromatic nitrogens is 4. The summed E-state index contributed by atoms with van der Waals surface area (Å²) >= 11 is 0. The molecule has 2 aromatic heterocycles. The summed E-state index contributed by atoms with van der Waals surface area (Å²) in [5.74, 6) is -0.252. The number of H-pyrrole nitrogens is 1. The minimum Gasteiger partial charge on any atom is -0.494 e. The van der Waals surface area contributed by atoms with E-state index in [0.717, 1.165) is 23.4 Å². The van der Waals surface area contributed by atoms with Gasteiger partial charge in [0.2, 0.25) is 11.8 Å². The molecule has 30 heavy (non-hydrogen) atoms. The lowest BCUT2D eigenvalue weighted by Crippen LogP contribution is -2.02. The normalized spacial score (nSPS) is 10.6. The smallest absolute Gasteiger partial charge is 0.307 e. The van der Waals surface area contributed by atoms with E-state index in [-0.39, 0.29) is 17.4 Å². The van der Waals surface area contributed by atoms with E-state index in [1.165, 1.54) is 13.3 Å². The summed E-state index contributed by atoms with van der Waals surface area (Å²) in [6.07, 6.45) is 3.21. The lowest BCUT2D eigenvalue weighted by atomic mass is 10.2. The molecule has 9 nitrogen and oxygen atoms in total. The summed E-state index contributed by atoms with van der Waals surface area (Å²) in [7, 11) is 1.33. The first-order valence-corrected chi connectivity index (χ1v) is 8.78. The largest absolute Gasteiger partial charge is 0.494 e. The summed E-state index contributed by atoms with van der Waals surface area (Å²) in [6.45, 7) is 0. The predicted molar refractivity (Wildman–Crippen MR) is 108 cm³/mol. The van der Waals surface area contributed by atoms with Crippen LogP contribution >= 0.6 is 0 Å². The molecular formula is C20H15FN6O3. The zero-order chi connectivity index (χ0) is 21.1. The number of ether oxygens (including phenoxy) is 1. The highest BCUT2D eigenvalue weighted by atomic mass is 19.1. The fourth-order valence-corrected chi connectivity index (χ4v) is 2.84. The highest BCUT2D eigenvalue weighted by Gasteiger charge is 2.19. The number of anilines is 2. The molecule has 0 fully saturated rings. The Hall–Kier alpha value is -4.34. The van der Waals surface area contributed by atoms with Gasteiger partial charge in [-0.1, -0.05) is 30.3 Å². The summed E-state index contributed by atoms with van der Waals surface area (Å²) < 4.78 is 18.9. The van der Waals surface area contributed by atoms with Gasteiger partial charge in [-0.05, 0) is 11.6 Å². The zero-order valence-corrected chi connectivity index (χ0v) is 15.7. The zero-order valence-electron chi connectivity index (χ0n) is 15.7. The van der Waals surface area contributed by atoms with Crippen molar-refractivity contribution in [3.63, 3.8) is 0 Å². The van der Waals surface area contributed by atoms with Gasteiger partial charge in [0.05, 0.1) is 29.6 Å². The first-order valence-electron chi connectivity index (χ1n) is 8.78. The molecule has 2 heterocycles. The fraction of sp³-hybridized carbons (Fsp3) is 0.0500. The Balaban J connectivity index is 1.64. The number of nitro benzene ring substituents is 1.